The molecule has 3 N–H and O–H groups in total. The van der Waals surface area contributed by atoms with Crippen LogP contribution in [0.1, 0.15) is 28.9 Å². The third kappa shape index (κ3) is 4.38. The zero-order chi connectivity index (χ0) is 21.0. The molecular formula is C21H21N3O4S. The van der Waals surface area contributed by atoms with Crippen molar-refractivity contribution in [3.05, 3.63) is 70.9 Å². The van der Waals surface area contributed by atoms with E-state index in [1.54, 1.807) is 62.6 Å². The highest BCUT2D eigenvalue weighted by Crippen LogP contribution is 2.30. The smallest absolute Gasteiger partial charge is 0.338 e. The lowest BCUT2D eigenvalue weighted by Gasteiger charge is -2.31. The van der Waals surface area contributed by atoms with Crippen LogP contribution in [-0.2, 0) is 9.53 Å². The topological polar surface area (TPSA) is 88.7 Å². The van der Waals surface area contributed by atoms with Crippen molar-refractivity contribution >= 4 is 34.9 Å². The molecule has 150 valence electrons. The number of amides is 1. The van der Waals surface area contributed by atoms with Crippen molar-refractivity contribution in [2.75, 3.05) is 19.5 Å². The Labute approximate surface area is 174 Å². The van der Waals surface area contributed by atoms with Gasteiger partial charge in [-0.1, -0.05) is 18.2 Å². The average molecular weight is 411 g/mol. The molecule has 7 nitrogen and oxygen atoms in total. The zero-order valence-electron chi connectivity index (χ0n) is 16.2. The highest BCUT2D eigenvalue weighted by Gasteiger charge is 2.32. The summed E-state index contributed by atoms with van der Waals surface area (Å²) in [5.41, 5.74) is 2.60. The molecule has 29 heavy (non-hydrogen) atoms. The second-order valence-corrected chi connectivity index (χ2v) is 6.74. The van der Waals surface area contributed by atoms with Crippen molar-refractivity contribution in [2.45, 2.75) is 13.0 Å². The van der Waals surface area contributed by atoms with Crippen LogP contribution in [0.25, 0.3) is 0 Å². The first-order chi connectivity index (χ1) is 13.9. The minimum absolute atomic E-state index is 0.320. The van der Waals surface area contributed by atoms with Gasteiger partial charge < -0.3 is 25.4 Å². The van der Waals surface area contributed by atoms with Gasteiger partial charge in [-0.25, -0.2) is 4.79 Å². The van der Waals surface area contributed by atoms with Gasteiger partial charge in [0.25, 0.3) is 5.91 Å². The van der Waals surface area contributed by atoms with E-state index in [0.29, 0.717) is 38.9 Å². The third-order valence-electron chi connectivity index (χ3n) is 4.54. The van der Waals surface area contributed by atoms with Crippen molar-refractivity contribution in [1.82, 2.24) is 10.6 Å². The molecule has 0 aliphatic carbocycles. The normalized spacial score (nSPS) is 15.8. The first-order valence-electron chi connectivity index (χ1n) is 8.85. The number of anilines is 1. The SMILES string of the molecule is COC(=O)c1ccccc1C1NC(=S)NC(C)=C1C(=O)Nc1ccc(OC)cc1. The van der Waals surface area contributed by atoms with Gasteiger partial charge in [-0.05, 0) is 55.0 Å². The average Bonchev–Trinajstić information content (AvgIpc) is 2.73. The third-order valence-corrected chi connectivity index (χ3v) is 4.76. The van der Waals surface area contributed by atoms with Gasteiger partial charge in [-0.15, -0.1) is 0 Å². The van der Waals surface area contributed by atoms with Gasteiger partial charge in [0.05, 0.1) is 31.4 Å². The molecule has 2 aromatic rings. The van der Waals surface area contributed by atoms with Gasteiger partial charge in [-0.3, -0.25) is 4.79 Å². The quantitative estimate of drug-likeness (QED) is 0.515. The Bertz CT molecular complexity index is 986. The predicted molar refractivity (Wildman–Crippen MR) is 114 cm³/mol. The number of benzene rings is 2. The number of hydrogen-bond acceptors (Lipinski definition) is 5. The molecular weight excluding hydrogens is 390 g/mol. The number of allylic oxidation sites excluding steroid dienone is 1. The Morgan fingerprint density at radius 3 is 2.41 bits per heavy atom. The Morgan fingerprint density at radius 1 is 1.07 bits per heavy atom. The lowest BCUT2D eigenvalue weighted by atomic mass is 9.91. The van der Waals surface area contributed by atoms with Crippen LogP contribution in [0, 0.1) is 0 Å². The van der Waals surface area contributed by atoms with Gasteiger partial charge in [0, 0.05) is 11.4 Å². The second kappa shape index (κ2) is 8.74. The second-order valence-electron chi connectivity index (χ2n) is 6.33. The van der Waals surface area contributed by atoms with Crippen molar-refractivity contribution in [3.8, 4) is 5.75 Å². The molecule has 0 spiro atoms. The number of hydrogen-bond donors (Lipinski definition) is 3. The minimum Gasteiger partial charge on any atom is -0.497 e. The Morgan fingerprint density at radius 2 is 1.76 bits per heavy atom. The van der Waals surface area contributed by atoms with E-state index >= 15 is 0 Å². The van der Waals surface area contributed by atoms with E-state index in [-0.39, 0.29) is 5.91 Å². The molecule has 1 amide bonds. The minimum atomic E-state index is -0.614. The molecule has 8 heteroatoms. The fraction of sp³-hybridized carbons (Fsp3) is 0.190. The van der Waals surface area contributed by atoms with Gasteiger partial charge in [0.15, 0.2) is 5.11 Å². The summed E-state index contributed by atoms with van der Waals surface area (Å²) in [5, 5.41) is 9.32. The van der Waals surface area contributed by atoms with E-state index in [1.165, 1.54) is 7.11 Å². The van der Waals surface area contributed by atoms with Crippen LogP contribution in [-0.4, -0.2) is 31.2 Å². The molecule has 0 bridgehead atoms. The molecule has 1 aliphatic heterocycles. The maximum absolute atomic E-state index is 13.1. The molecule has 1 heterocycles. The van der Waals surface area contributed by atoms with Gasteiger partial charge in [0.2, 0.25) is 0 Å². The Hall–Kier alpha value is -3.39. The van der Waals surface area contributed by atoms with E-state index in [1.807, 2.05) is 0 Å². The number of rotatable bonds is 5. The molecule has 1 unspecified atom stereocenters. The van der Waals surface area contributed by atoms with Crippen molar-refractivity contribution < 1.29 is 19.1 Å². The van der Waals surface area contributed by atoms with Gasteiger partial charge in [-0.2, -0.15) is 0 Å². The summed E-state index contributed by atoms with van der Waals surface area (Å²) in [4.78, 5) is 25.4. The highest BCUT2D eigenvalue weighted by atomic mass is 32.1. The zero-order valence-corrected chi connectivity index (χ0v) is 17.1. The fourth-order valence-corrected chi connectivity index (χ4v) is 3.42. The standard InChI is InChI=1S/C21H21N3O4S/c1-12-17(19(25)23-13-8-10-14(27-2)11-9-13)18(24-21(29)22-12)15-6-4-5-7-16(15)20(26)28-3/h4-11,18H,1-3H3,(H,23,25)(H2,22,24,29). The number of thiocarbonyl (C=S) groups is 1. The van der Waals surface area contributed by atoms with Crippen LogP contribution in [0.3, 0.4) is 0 Å². The maximum atomic E-state index is 13.1. The van der Waals surface area contributed by atoms with E-state index in [9.17, 15) is 9.59 Å². The first kappa shape index (κ1) is 20.3. The van der Waals surface area contributed by atoms with Crippen LogP contribution in [0.4, 0.5) is 5.69 Å². The summed E-state index contributed by atoms with van der Waals surface area (Å²) in [6.07, 6.45) is 0. The number of carbonyl (C=O) groups excluding carboxylic acids is 2. The molecule has 0 fully saturated rings. The summed E-state index contributed by atoms with van der Waals surface area (Å²) in [6, 6.07) is 13.4. The fourth-order valence-electron chi connectivity index (χ4n) is 3.15. The van der Waals surface area contributed by atoms with Gasteiger partial charge in [0.1, 0.15) is 5.75 Å². The largest absolute Gasteiger partial charge is 0.497 e. The molecule has 0 aromatic heterocycles. The van der Waals surface area contributed by atoms with E-state index in [0.717, 1.165) is 0 Å². The molecule has 1 atom stereocenters. The molecule has 1 aliphatic rings. The van der Waals surface area contributed by atoms with Crippen LogP contribution in [0.2, 0.25) is 0 Å². The number of ether oxygens (including phenoxy) is 2. The maximum Gasteiger partial charge on any atom is 0.338 e. The van der Waals surface area contributed by atoms with E-state index < -0.39 is 12.0 Å². The number of carbonyl (C=O) groups is 2. The number of esters is 1. The Balaban J connectivity index is 1.98. The summed E-state index contributed by atoms with van der Waals surface area (Å²) in [7, 11) is 2.89. The van der Waals surface area contributed by atoms with Gasteiger partial charge >= 0.3 is 5.97 Å². The summed E-state index contributed by atoms with van der Waals surface area (Å²) >= 11 is 5.28. The van der Waals surface area contributed by atoms with E-state index in [4.69, 9.17) is 21.7 Å². The van der Waals surface area contributed by atoms with Crippen molar-refractivity contribution in [1.29, 1.82) is 0 Å². The molecule has 0 radical (unpaired) electrons. The summed E-state index contributed by atoms with van der Waals surface area (Å²) in [5.74, 6) is -0.117. The molecule has 0 saturated heterocycles. The monoisotopic (exact) mass is 411 g/mol. The lowest BCUT2D eigenvalue weighted by molar-refractivity contribution is -0.113. The molecule has 0 saturated carbocycles. The lowest BCUT2D eigenvalue weighted by Crippen LogP contribution is -2.46. The number of methoxy groups -OCH3 is 2. The summed E-state index contributed by atoms with van der Waals surface area (Å²) < 4.78 is 10.0. The highest BCUT2D eigenvalue weighted by molar-refractivity contribution is 7.80. The molecule has 3 rings (SSSR count). The van der Waals surface area contributed by atoms with Crippen molar-refractivity contribution in [3.63, 3.8) is 0 Å². The Kier molecular flexibility index (Phi) is 6.13. The van der Waals surface area contributed by atoms with Crippen molar-refractivity contribution in [2.24, 2.45) is 0 Å². The summed E-state index contributed by atoms with van der Waals surface area (Å²) in [6.45, 7) is 1.77. The van der Waals surface area contributed by atoms with Crippen LogP contribution in [0.5, 0.6) is 5.75 Å². The number of nitrogens with one attached hydrogen (secondary N) is 3. The first-order valence-corrected chi connectivity index (χ1v) is 9.26. The van der Waals surface area contributed by atoms with E-state index in [2.05, 4.69) is 16.0 Å². The van der Waals surface area contributed by atoms with Crippen LogP contribution in [0.15, 0.2) is 59.8 Å². The predicted octanol–water partition coefficient (Wildman–Crippen LogP) is 2.91. The molecule has 2 aromatic carbocycles. The van der Waals surface area contributed by atoms with Crippen LogP contribution >= 0.6 is 12.2 Å². The van der Waals surface area contributed by atoms with Crippen LogP contribution < -0.4 is 20.7 Å².